The molecule has 15 heavy (non-hydrogen) atoms. The summed E-state index contributed by atoms with van der Waals surface area (Å²) in [6.45, 7) is 6.71. The lowest BCUT2D eigenvalue weighted by Crippen LogP contribution is -2.37. The minimum atomic E-state index is -0.482. The van der Waals surface area contributed by atoms with Crippen LogP contribution in [-0.2, 0) is 9.53 Å². The summed E-state index contributed by atoms with van der Waals surface area (Å²) >= 11 is 0. The molecule has 3 nitrogen and oxygen atoms in total. The van der Waals surface area contributed by atoms with E-state index in [0.717, 1.165) is 12.8 Å². The molecule has 0 saturated heterocycles. The van der Waals surface area contributed by atoms with Gasteiger partial charge < -0.3 is 10.5 Å². The van der Waals surface area contributed by atoms with Crippen LogP contribution in [0.3, 0.4) is 0 Å². The zero-order valence-electron chi connectivity index (χ0n) is 10.3. The summed E-state index contributed by atoms with van der Waals surface area (Å²) in [5.74, 6) is -0.149. The molecule has 1 atom stereocenters. The maximum atomic E-state index is 11.7. The lowest BCUT2D eigenvalue weighted by atomic mass is 9.84. The molecular formula is C12H25NO2. The molecule has 3 heteroatoms. The summed E-state index contributed by atoms with van der Waals surface area (Å²) < 4.78 is 5.04. The van der Waals surface area contributed by atoms with Crippen LogP contribution >= 0.6 is 0 Å². The van der Waals surface area contributed by atoms with Crippen LogP contribution in [0.1, 0.15) is 52.9 Å². The first-order valence-electron chi connectivity index (χ1n) is 5.98. The highest BCUT2D eigenvalue weighted by Gasteiger charge is 2.32. The van der Waals surface area contributed by atoms with Crippen molar-refractivity contribution in [2.45, 2.75) is 52.9 Å². The third-order valence-electron chi connectivity index (χ3n) is 2.80. The fourth-order valence-electron chi connectivity index (χ4n) is 1.53. The molecule has 0 aliphatic heterocycles. The Kier molecular flexibility index (Phi) is 7.39. The first-order valence-corrected chi connectivity index (χ1v) is 5.98. The number of ether oxygens (including phenoxy) is 1. The predicted molar refractivity (Wildman–Crippen MR) is 62.6 cm³/mol. The van der Waals surface area contributed by atoms with Gasteiger partial charge in [-0.05, 0) is 20.3 Å². The second kappa shape index (κ2) is 7.69. The largest absolute Gasteiger partial charge is 0.466 e. The van der Waals surface area contributed by atoms with E-state index in [1.165, 1.54) is 19.3 Å². The van der Waals surface area contributed by atoms with Crippen LogP contribution in [0.15, 0.2) is 0 Å². The van der Waals surface area contributed by atoms with Crippen molar-refractivity contribution in [3.63, 3.8) is 0 Å². The van der Waals surface area contributed by atoms with Crippen LogP contribution in [0, 0.1) is 5.41 Å². The molecule has 0 aliphatic rings. The van der Waals surface area contributed by atoms with Gasteiger partial charge in [0.15, 0.2) is 0 Å². The molecular weight excluding hydrogens is 190 g/mol. The van der Waals surface area contributed by atoms with Crippen LogP contribution in [0.25, 0.3) is 0 Å². The summed E-state index contributed by atoms with van der Waals surface area (Å²) in [5.41, 5.74) is 5.17. The van der Waals surface area contributed by atoms with E-state index in [4.69, 9.17) is 10.5 Å². The fraction of sp³-hybridized carbons (Fsp3) is 0.917. The molecule has 0 heterocycles. The summed E-state index contributed by atoms with van der Waals surface area (Å²) in [6, 6.07) is 0. The van der Waals surface area contributed by atoms with Gasteiger partial charge in [-0.1, -0.05) is 32.6 Å². The number of hydrogen-bond donors (Lipinski definition) is 1. The number of carbonyl (C=O) groups is 1. The van der Waals surface area contributed by atoms with E-state index in [0.29, 0.717) is 13.2 Å². The third kappa shape index (κ3) is 5.17. The normalized spacial score (nSPS) is 14.7. The maximum Gasteiger partial charge on any atom is 0.313 e. The van der Waals surface area contributed by atoms with Gasteiger partial charge in [0.2, 0.25) is 0 Å². The number of carbonyl (C=O) groups excluding carboxylic acids is 1. The molecule has 0 aromatic carbocycles. The zero-order valence-corrected chi connectivity index (χ0v) is 10.3. The van der Waals surface area contributed by atoms with Gasteiger partial charge >= 0.3 is 5.97 Å². The van der Waals surface area contributed by atoms with E-state index in [9.17, 15) is 4.79 Å². The van der Waals surface area contributed by atoms with E-state index in [-0.39, 0.29) is 5.97 Å². The van der Waals surface area contributed by atoms with Crippen molar-refractivity contribution in [3.8, 4) is 0 Å². The van der Waals surface area contributed by atoms with Crippen molar-refractivity contribution in [1.29, 1.82) is 0 Å². The van der Waals surface area contributed by atoms with Crippen molar-refractivity contribution >= 4 is 5.97 Å². The van der Waals surface area contributed by atoms with E-state index in [2.05, 4.69) is 6.92 Å². The Bertz CT molecular complexity index is 182. The number of esters is 1. The van der Waals surface area contributed by atoms with Gasteiger partial charge in [-0.2, -0.15) is 0 Å². The Balaban J connectivity index is 4.00. The molecule has 1 unspecified atom stereocenters. The SMILES string of the molecule is CCCCCCC(C)(CN)C(=O)OCC. The molecule has 0 amide bonds. The maximum absolute atomic E-state index is 11.7. The van der Waals surface area contributed by atoms with Crippen molar-refractivity contribution in [1.82, 2.24) is 0 Å². The molecule has 0 aliphatic carbocycles. The molecule has 0 aromatic heterocycles. The van der Waals surface area contributed by atoms with Gasteiger partial charge in [0.05, 0.1) is 12.0 Å². The van der Waals surface area contributed by atoms with Crippen LogP contribution in [0.4, 0.5) is 0 Å². The number of nitrogens with two attached hydrogens (primary N) is 1. The summed E-state index contributed by atoms with van der Waals surface area (Å²) in [5, 5.41) is 0. The van der Waals surface area contributed by atoms with Crippen molar-refractivity contribution in [2.24, 2.45) is 11.1 Å². The number of rotatable bonds is 8. The zero-order chi connectivity index (χ0) is 11.7. The molecule has 0 fully saturated rings. The molecule has 2 N–H and O–H groups in total. The minimum Gasteiger partial charge on any atom is -0.466 e. The van der Waals surface area contributed by atoms with Crippen LogP contribution < -0.4 is 5.73 Å². The van der Waals surface area contributed by atoms with Gasteiger partial charge in [0.25, 0.3) is 0 Å². The van der Waals surface area contributed by atoms with Gasteiger partial charge in [0, 0.05) is 6.54 Å². The molecule has 0 saturated carbocycles. The first-order chi connectivity index (χ1) is 7.10. The van der Waals surface area contributed by atoms with E-state index >= 15 is 0 Å². The Morgan fingerprint density at radius 1 is 1.27 bits per heavy atom. The third-order valence-corrected chi connectivity index (χ3v) is 2.80. The molecule has 0 rings (SSSR count). The lowest BCUT2D eigenvalue weighted by Gasteiger charge is -2.25. The second-order valence-electron chi connectivity index (χ2n) is 4.30. The van der Waals surface area contributed by atoms with E-state index < -0.39 is 5.41 Å². The second-order valence-corrected chi connectivity index (χ2v) is 4.30. The van der Waals surface area contributed by atoms with E-state index in [1.807, 2.05) is 13.8 Å². The Morgan fingerprint density at radius 3 is 2.40 bits per heavy atom. The van der Waals surface area contributed by atoms with Crippen LogP contribution in [0.2, 0.25) is 0 Å². The summed E-state index contributed by atoms with van der Waals surface area (Å²) in [6.07, 6.45) is 5.50. The number of hydrogen-bond acceptors (Lipinski definition) is 3. The van der Waals surface area contributed by atoms with Crippen molar-refractivity contribution in [2.75, 3.05) is 13.2 Å². The summed E-state index contributed by atoms with van der Waals surface area (Å²) in [4.78, 5) is 11.7. The summed E-state index contributed by atoms with van der Waals surface area (Å²) in [7, 11) is 0. The van der Waals surface area contributed by atoms with Gasteiger partial charge in [-0.25, -0.2) is 0 Å². The Hall–Kier alpha value is -0.570. The topological polar surface area (TPSA) is 52.3 Å². The van der Waals surface area contributed by atoms with Gasteiger partial charge in [-0.3, -0.25) is 4.79 Å². The minimum absolute atomic E-state index is 0.149. The first kappa shape index (κ1) is 14.4. The molecule has 0 radical (unpaired) electrons. The molecule has 0 aromatic rings. The van der Waals surface area contributed by atoms with Crippen molar-refractivity contribution in [3.05, 3.63) is 0 Å². The lowest BCUT2D eigenvalue weighted by molar-refractivity contribution is -0.154. The number of unbranched alkanes of at least 4 members (excludes halogenated alkanes) is 3. The van der Waals surface area contributed by atoms with Gasteiger partial charge in [-0.15, -0.1) is 0 Å². The van der Waals surface area contributed by atoms with Gasteiger partial charge in [0.1, 0.15) is 0 Å². The molecule has 90 valence electrons. The molecule has 0 spiro atoms. The monoisotopic (exact) mass is 215 g/mol. The average Bonchev–Trinajstić information content (AvgIpc) is 2.24. The quantitative estimate of drug-likeness (QED) is 0.500. The Labute approximate surface area is 93.4 Å². The Morgan fingerprint density at radius 2 is 1.93 bits per heavy atom. The van der Waals surface area contributed by atoms with Crippen molar-refractivity contribution < 1.29 is 9.53 Å². The highest BCUT2D eigenvalue weighted by atomic mass is 16.5. The average molecular weight is 215 g/mol. The van der Waals surface area contributed by atoms with Crippen LogP contribution in [-0.4, -0.2) is 19.1 Å². The molecule has 0 bridgehead atoms. The highest BCUT2D eigenvalue weighted by molar-refractivity contribution is 5.76. The highest BCUT2D eigenvalue weighted by Crippen LogP contribution is 2.25. The fourth-order valence-corrected chi connectivity index (χ4v) is 1.53. The standard InChI is InChI=1S/C12H25NO2/c1-4-6-7-8-9-12(3,10-13)11(14)15-5-2/h4-10,13H2,1-3H3. The van der Waals surface area contributed by atoms with E-state index in [1.54, 1.807) is 0 Å². The smallest absolute Gasteiger partial charge is 0.313 e. The predicted octanol–water partition coefficient (Wildman–Crippen LogP) is 2.48. The van der Waals surface area contributed by atoms with Crippen LogP contribution in [0.5, 0.6) is 0 Å².